The highest BCUT2D eigenvalue weighted by molar-refractivity contribution is 5.09. The van der Waals surface area contributed by atoms with Crippen LogP contribution < -0.4 is 5.32 Å². The monoisotopic (exact) mass is 250 g/mol. The Morgan fingerprint density at radius 2 is 2.33 bits per heavy atom. The van der Waals surface area contributed by atoms with Gasteiger partial charge in [-0.15, -0.1) is 0 Å². The molecule has 0 amide bonds. The van der Waals surface area contributed by atoms with Gasteiger partial charge in [0.05, 0.1) is 6.04 Å². The molecule has 1 fully saturated rings. The molecule has 1 aromatic heterocycles. The van der Waals surface area contributed by atoms with E-state index in [1.807, 2.05) is 6.92 Å². The first-order valence-electron chi connectivity index (χ1n) is 7.25. The smallest absolute Gasteiger partial charge is 0.121 e. The lowest BCUT2D eigenvalue weighted by molar-refractivity contribution is 0.107. The van der Waals surface area contributed by atoms with Crippen LogP contribution in [0.4, 0.5) is 0 Å². The molecule has 1 N–H and O–H groups in total. The largest absolute Gasteiger partial charge is 0.465 e. The third-order valence-electron chi connectivity index (χ3n) is 3.89. The zero-order chi connectivity index (χ0) is 13.0. The first-order valence-corrected chi connectivity index (χ1v) is 7.25. The summed E-state index contributed by atoms with van der Waals surface area (Å²) in [5, 5.41) is 3.51. The summed E-state index contributed by atoms with van der Waals surface area (Å²) >= 11 is 0. The van der Waals surface area contributed by atoms with Crippen molar-refractivity contribution in [2.75, 3.05) is 19.6 Å². The van der Waals surface area contributed by atoms with Gasteiger partial charge in [-0.05, 0) is 58.3 Å². The molecule has 1 aliphatic heterocycles. The molecule has 0 aromatic carbocycles. The summed E-state index contributed by atoms with van der Waals surface area (Å²) in [5.74, 6) is 2.11. The lowest BCUT2D eigenvalue weighted by atomic mass is 10.0. The van der Waals surface area contributed by atoms with Crippen LogP contribution in [0.2, 0.25) is 0 Å². The summed E-state index contributed by atoms with van der Waals surface area (Å²) in [7, 11) is 0. The molecule has 1 aliphatic rings. The predicted octanol–water partition coefficient (Wildman–Crippen LogP) is 3.11. The quantitative estimate of drug-likeness (QED) is 0.870. The van der Waals surface area contributed by atoms with Crippen LogP contribution in [0.1, 0.15) is 50.7 Å². The van der Waals surface area contributed by atoms with Crippen molar-refractivity contribution in [1.29, 1.82) is 0 Å². The van der Waals surface area contributed by atoms with Gasteiger partial charge in [-0.2, -0.15) is 0 Å². The van der Waals surface area contributed by atoms with Crippen molar-refractivity contribution in [3.8, 4) is 0 Å². The van der Waals surface area contributed by atoms with Crippen LogP contribution in [0.3, 0.4) is 0 Å². The Balaban J connectivity index is 2.08. The van der Waals surface area contributed by atoms with E-state index in [0.717, 1.165) is 24.6 Å². The maximum Gasteiger partial charge on any atom is 0.121 e. The molecule has 0 radical (unpaired) electrons. The fraction of sp³-hybridized carbons (Fsp3) is 0.733. The van der Waals surface area contributed by atoms with Crippen molar-refractivity contribution < 1.29 is 4.42 Å². The molecule has 0 aliphatic carbocycles. The van der Waals surface area contributed by atoms with Gasteiger partial charge < -0.3 is 9.73 Å². The maximum absolute atomic E-state index is 5.80. The zero-order valence-electron chi connectivity index (χ0n) is 11.9. The number of piperidine rings is 1. The Labute approximate surface area is 111 Å². The molecule has 3 heteroatoms. The van der Waals surface area contributed by atoms with Crippen LogP contribution in [-0.4, -0.2) is 30.6 Å². The highest BCUT2D eigenvalue weighted by Gasteiger charge is 2.26. The Morgan fingerprint density at radius 1 is 1.50 bits per heavy atom. The van der Waals surface area contributed by atoms with Crippen molar-refractivity contribution in [3.63, 3.8) is 0 Å². The van der Waals surface area contributed by atoms with Gasteiger partial charge in [0.1, 0.15) is 11.5 Å². The second-order valence-corrected chi connectivity index (χ2v) is 5.36. The second kappa shape index (κ2) is 6.39. The van der Waals surface area contributed by atoms with Crippen molar-refractivity contribution in [1.82, 2.24) is 10.2 Å². The molecular weight excluding hydrogens is 224 g/mol. The van der Waals surface area contributed by atoms with Gasteiger partial charge in [0.2, 0.25) is 0 Å². The minimum atomic E-state index is 0.378. The first-order chi connectivity index (χ1) is 8.72. The van der Waals surface area contributed by atoms with Crippen LogP contribution in [0.5, 0.6) is 0 Å². The first kappa shape index (κ1) is 13.6. The van der Waals surface area contributed by atoms with E-state index in [9.17, 15) is 0 Å². The van der Waals surface area contributed by atoms with E-state index >= 15 is 0 Å². The maximum atomic E-state index is 5.80. The Morgan fingerprint density at radius 3 is 2.89 bits per heavy atom. The molecule has 1 aromatic rings. The standard InChI is InChI=1S/C15H26N2O/c1-4-10-17(14-6-5-9-16-11-14)13(3)15-8-7-12(2)18-15/h7-8,13-14,16H,4-6,9-11H2,1-3H3. The number of aryl methyl sites for hydroxylation is 1. The summed E-state index contributed by atoms with van der Waals surface area (Å²) in [6.45, 7) is 9.97. The number of hydrogen-bond donors (Lipinski definition) is 1. The van der Waals surface area contributed by atoms with Crippen molar-refractivity contribution in [2.45, 2.75) is 52.1 Å². The minimum Gasteiger partial charge on any atom is -0.465 e. The molecule has 102 valence electrons. The molecule has 0 bridgehead atoms. The Kier molecular flexibility index (Phi) is 4.84. The summed E-state index contributed by atoms with van der Waals surface area (Å²) in [6.07, 6.45) is 3.78. The molecule has 2 rings (SSSR count). The third-order valence-corrected chi connectivity index (χ3v) is 3.89. The molecule has 0 spiro atoms. The van der Waals surface area contributed by atoms with E-state index in [-0.39, 0.29) is 0 Å². The van der Waals surface area contributed by atoms with Crippen LogP contribution in [0, 0.1) is 6.92 Å². The predicted molar refractivity (Wildman–Crippen MR) is 74.7 cm³/mol. The van der Waals surface area contributed by atoms with E-state index in [4.69, 9.17) is 4.42 Å². The molecule has 2 unspecified atom stereocenters. The molecule has 2 atom stereocenters. The topological polar surface area (TPSA) is 28.4 Å². The SMILES string of the molecule is CCCN(C1CCCNC1)C(C)c1ccc(C)o1. The molecule has 0 saturated carbocycles. The Hall–Kier alpha value is -0.800. The summed E-state index contributed by atoms with van der Waals surface area (Å²) < 4.78 is 5.80. The molecular formula is C15H26N2O. The molecule has 3 nitrogen and oxygen atoms in total. The number of nitrogens with zero attached hydrogens (tertiary/aromatic N) is 1. The van der Waals surface area contributed by atoms with Crippen LogP contribution in [0.15, 0.2) is 16.5 Å². The zero-order valence-corrected chi connectivity index (χ0v) is 11.9. The Bertz CT molecular complexity index is 355. The van der Waals surface area contributed by atoms with E-state index in [0.29, 0.717) is 12.1 Å². The van der Waals surface area contributed by atoms with Gasteiger partial charge in [-0.25, -0.2) is 0 Å². The average molecular weight is 250 g/mol. The van der Waals surface area contributed by atoms with Crippen molar-refractivity contribution >= 4 is 0 Å². The van der Waals surface area contributed by atoms with Gasteiger partial charge in [0.15, 0.2) is 0 Å². The summed E-state index contributed by atoms with van der Waals surface area (Å²) in [5.41, 5.74) is 0. The summed E-state index contributed by atoms with van der Waals surface area (Å²) in [6, 6.07) is 5.22. The minimum absolute atomic E-state index is 0.378. The number of furan rings is 1. The van der Waals surface area contributed by atoms with Gasteiger partial charge in [-0.1, -0.05) is 6.92 Å². The van der Waals surface area contributed by atoms with Crippen LogP contribution in [-0.2, 0) is 0 Å². The highest BCUT2D eigenvalue weighted by Crippen LogP contribution is 2.26. The van der Waals surface area contributed by atoms with E-state index < -0.39 is 0 Å². The number of rotatable bonds is 5. The van der Waals surface area contributed by atoms with Crippen molar-refractivity contribution in [2.24, 2.45) is 0 Å². The van der Waals surface area contributed by atoms with Gasteiger partial charge >= 0.3 is 0 Å². The molecule has 1 saturated heterocycles. The average Bonchev–Trinajstić information content (AvgIpc) is 2.83. The van der Waals surface area contributed by atoms with Gasteiger partial charge in [0, 0.05) is 12.6 Å². The molecule has 18 heavy (non-hydrogen) atoms. The molecule has 2 heterocycles. The van der Waals surface area contributed by atoms with E-state index in [1.165, 1.54) is 25.8 Å². The lowest BCUT2D eigenvalue weighted by Gasteiger charge is -2.37. The lowest BCUT2D eigenvalue weighted by Crippen LogP contribution is -2.47. The fourth-order valence-electron chi connectivity index (χ4n) is 2.91. The number of nitrogens with one attached hydrogen (secondary N) is 1. The highest BCUT2D eigenvalue weighted by atomic mass is 16.3. The number of hydrogen-bond acceptors (Lipinski definition) is 3. The second-order valence-electron chi connectivity index (χ2n) is 5.36. The van der Waals surface area contributed by atoms with Crippen molar-refractivity contribution in [3.05, 3.63) is 23.7 Å². The summed E-state index contributed by atoms with van der Waals surface area (Å²) in [4.78, 5) is 2.60. The normalized spacial score (nSPS) is 22.3. The van der Waals surface area contributed by atoms with E-state index in [2.05, 4.69) is 36.2 Å². The van der Waals surface area contributed by atoms with Crippen LogP contribution >= 0.6 is 0 Å². The third kappa shape index (κ3) is 3.15. The van der Waals surface area contributed by atoms with Crippen LogP contribution in [0.25, 0.3) is 0 Å². The van der Waals surface area contributed by atoms with Gasteiger partial charge in [0.25, 0.3) is 0 Å². The van der Waals surface area contributed by atoms with Gasteiger partial charge in [-0.3, -0.25) is 4.90 Å². The van der Waals surface area contributed by atoms with E-state index in [1.54, 1.807) is 0 Å². The fourth-order valence-corrected chi connectivity index (χ4v) is 2.91.